The van der Waals surface area contributed by atoms with Gasteiger partial charge in [0.15, 0.2) is 5.78 Å². The van der Waals surface area contributed by atoms with E-state index in [1.807, 2.05) is 12.3 Å². The maximum atomic E-state index is 12.4. The van der Waals surface area contributed by atoms with E-state index in [0.717, 1.165) is 24.3 Å². The SMILES string of the molecule is Cc1nc(C(=O)C2CCc3ccccc3C2)cs1. The van der Waals surface area contributed by atoms with Gasteiger partial charge in [-0.3, -0.25) is 4.79 Å². The number of benzene rings is 1. The first-order chi connectivity index (χ1) is 8.74. The Morgan fingerprint density at radius 2 is 2.11 bits per heavy atom. The predicted molar refractivity (Wildman–Crippen MR) is 73.1 cm³/mol. The summed E-state index contributed by atoms with van der Waals surface area (Å²) in [5.74, 6) is 0.329. The van der Waals surface area contributed by atoms with Crippen LogP contribution in [0.15, 0.2) is 29.6 Å². The highest BCUT2D eigenvalue weighted by molar-refractivity contribution is 7.09. The van der Waals surface area contributed by atoms with Gasteiger partial charge in [0.25, 0.3) is 0 Å². The highest BCUT2D eigenvalue weighted by Crippen LogP contribution is 2.28. The summed E-state index contributed by atoms with van der Waals surface area (Å²) >= 11 is 1.55. The number of aryl methyl sites for hydroxylation is 2. The molecule has 3 rings (SSSR count). The van der Waals surface area contributed by atoms with Gasteiger partial charge >= 0.3 is 0 Å². The van der Waals surface area contributed by atoms with Crippen LogP contribution in [0.25, 0.3) is 0 Å². The molecule has 0 amide bonds. The van der Waals surface area contributed by atoms with Crippen molar-refractivity contribution in [3.8, 4) is 0 Å². The second kappa shape index (κ2) is 4.65. The monoisotopic (exact) mass is 257 g/mol. The molecular weight excluding hydrogens is 242 g/mol. The molecule has 92 valence electrons. The zero-order valence-electron chi connectivity index (χ0n) is 10.3. The topological polar surface area (TPSA) is 30.0 Å². The molecule has 0 radical (unpaired) electrons. The lowest BCUT2D eigenvalue weighted by Crippen LogP contribution is -2.23. The van der Waals surface area contributed by atoms with Gasteiger partial charge in [0.05, 0.1) is 5.01 Å². The molecule has 0 saturated carbocycles. The highest BCUT2D eigenvalue weighted by Gasteiger charge is 2.26. The van der Waals surface area contributed by atoms with E-state index in [9.17, 15) is 4.79 Å². The second-order valence-corrected chi connectivity index (χ2v) is 5.89. The Kier molecular flexibility index (Phi) is 3.00. The van der Waals surface area contributed by atoms with E-state index < -0.39 is 0 Å². The van der Waals surface area contributed by atoms with Crippen LogP contribution in [0.3, 0.4) is 0 Å². The number of nitrogens with zero attached hydrogens (tertiary/aromatic N) is 1. The van der Waals surface area contributed by atoms with Crippen molar-refractivity contribution in [2.75, 3.05) is 0 Å². The maximum absolute atomic E-state index is 12.4. The summed E-state index contributed by atoms with van der Waals surface area (Å²) < 4.78 is 0. The fourth-order valence-corrected chi connectivity index (χ4v) is 3.21. The van der Waals surface area contributed by atoms with Gasteiger partial charge in [-0.15, -0.1) is 11.3 Å². The average molecular weight is 257 g/mol. The number of carbonyl (C=O) groups is 1. The van der Waals surface area contributed by atoms with E-state index in [-0.39, 0.29) is 11.7 Å². The molecule has 2 nitrogen and oxygen atoms in total. The van der Waals surface area contributed by atoms with Crippen molar-refractivity contribution in [3.05, 3.63) is 51.5 Å². The van der Waals surface area contributed by atoms with Crippen molar-refractivity contribution in [2.45, 2.75) is 26.2 Å². The third-order valence-electron chi connectivity index (χ3n) is 3.59. The molecule has 0 spiro atoms. The van der Waals surface area contributed by atoms with Gasteiger partial charge in [-0.05, 0) is 37.3 Å². The summed E-state index contributed by atoms with van der Waals surface area (Å²) in [6.07, 6.45) is 2.83. The van der Waals surface area contributed by atoms with Gasteiger partial charge in [0.2, 0.25) is 0 Å². The summed E-state index contributed by atoms with van der Waals surface area (Å²) in [5.41, 5.74) is 3.38. The molecule has 1 aromatic heterocycles. The normalized spacial score (nSPS) is 18.4. The Hall–Kier alpha value is -1.48. The molecule has 1 atom stereocenters. The van der Waals surface area contributed by atoms with Crippen molar-refractivity contribution in [1.82, 2.24) is 4.98 Å². The minimum atomic E-state index is 0.112. The number of rotatable bonds is 2. The predicted octanol–water partition coefficient (Wildman–Crippen LogP) is 3.44. The van der Waals surface area contributed by atoms with Crippen molar-refractivity contribution in [2.24, 2.45) is 5.92 Å². The number of hydrogen-bond acceptors (Lipinski definition) is 3. The maximum Gasteiger partial charge on any atom is 0.185 e. The number of thiazole rings is 1. The molecular formula is C15H15NOS. The fraction of sp³-hybridized carbons (Fsp3) is 0.333. The van der Waals surface area contributed by atoms with Crippen LogP contribution in [-0.2, 0) is 12.8 Å². The van der Waals surface area contributed by atoms with Gasteiger partial charge < -0.3 is 0 Å². The molecule has 2 aromatic rings. The van der Waals surface area contributed by atoms with Crippen LogP contribution in [0.4, 0.5) is 0 Å². The zero-order chi connectivity index (χ0) is 12.5. The van der Waals surface area contributed by atoms with E-state index in [1.165, 1.54) is 11.1 Å². The summed E-state index contributed by atoms with van der Waals surface area (Å²) in [6.45, 7) is 1.94. The fourth-order valence-electron chi connectivity index (χ4n) is 2.61. The first-order valence-corrected chi connectivity index (χ1v) is 7.15. The number of Topliss-reactive ketones (excluding diaryl/α,β-unsaturated/α-hetero) is 1. The molecule has 1 unspecified atom stereocenters. The highest BCUT2D eigenvalue weighted by atomic mass is 32.1. The number of aromatic nitrogens is 1. The zero-order valence-corrected chi connectivity index (χ0v) is 11.2. The van der Waals surface area contributed by atoms with Gasteiger partial charge in [-0.2, -0.15) is 0 Å². The number of carbonyl (C=O) groups excluding carboxylic acids is 1. The molecule has 0 N–H and O–H groups in total. The Bertz CT molecular complexity index is 588. The van der Waals surface area contributed by atoms with Crippen molar-refractivity contribution >= 4 is 17.1 Å². The van der Waals surface area contributed by atoms with Crippen molar-refractivity contribution < 1.29 is 4.79 Å². The Morgan fingerprint density at radius 3 is 2.83 bits per heavy atom. The molecule has 0 bridgehead atoms. The Balaban J connectivity index is 1.82. The summed E-state index contributed by atoms with van der Waals surface area (Å²) in [4.78, 5) is 16.7. The van der Waals surface area contributed by atoms with E-state index in [1.54, 1.807) is 11.3 Å². The minimum absolute atomic E-state index is 0.112. The van der Waals surface area contributed by atoms with Crippen LogP contribution >= 0.6 is 11.3 Å². The summed E-state index contributed by atoms with van der Waals surface area (Å²) in [6, 6.07) is 8.44. The van der Waals surface area contributed by atoms with E-state index >= 15 is 0 Å². The first kappa shape index (κ1) is 11.6. The lowest BCUT2D eigenvalue weighted by molar-refractivity contribution is 0.0904. The smallest absolute Gasteiger partial charge is 0.185 e. The second-order valence-electron chi connectivity index (χ2n) is 4.82. The van der Waals surface area contributed by atoms with E-state index in [4.69, 9.17) is 0 Å². The van der Waals surface area contributed by atoms with Crippen LogP contribution in [0.5, 0.6) is 0 Å². The largest absolute Gasteiger partial charge is 0.292 e. The van der Waals surface area contributed by atoms with E-state index in [2.05, 4.69) is 29.2 Å². The number of ketones is 1. The molecule has 18 heavy (non-hydrogen) atoms. The van der Waals surface area contributed by atoms with Crippen molar-refractivity contribution in [3.63, 3.8) is 0 Å². The van der Waals surface area contributed by atoms with Crippen LogP contribution < -0.4 is 0 Å². The molecule has 0 saturated heterocycles. The number of hydrogen-bond donors (Lipinski definition) is 0. The standard InChI is InChI=1S/C15H15NOS/c1-10-16-14(9-18-10)15(17)13-7-6-11-4-2-3-5-12(11)8-13/h2-5,9,13H,6-8H2,1H3. The third kappa shape index (κ3) is 2.10. The van der Waals surface area contributed by atoms with Gasteiger partial charge in [0, 0.05) is 11.3 Å². The lowest BCUT2D eigenvalue weighted by Gasteiger charge is -2.22. The number of fused-ring (bicyclic) bond motifs is 1. The Morgan fingerprint density at radius 1 is 1.33 bits per heavy atom. The average Bonchev–Trinajstić information content (AvgIpc) is 2.84. The molecule has 0 fully saturated rings. The minimum Gasteiger partial charge on any atom is -0.292 e. The molecule has 1 heterocycles. The van der Waals surface area contributed by atoms with Crippen LogP contribution in [0.2, 0.25) is 0 Å². The molecule has 3 heteroatoms. The van der Waals surface area contributed by atoms with Crippen LogP contribution in [-0.4, -0.2) is 10.8 Å². The summed E-state index contributed by atoms with van der Waals surface area (Å²) in [5, 5.41) is 2.85. The van der Waals surface area contributed by atoms with Gasteiger partial charge in [-0.25, -0.2) is 4.98 Å². The first-order valence-electron chi connectivity index (χ1n) is 6.27. The van der Waals surface area contributed by atoms with Crippen LogP contribution in [0.1, 0.15) is 33.0 Å². The molecule has 1 aliphatic rings. The van der Waals surface area contributed by atoms with Crippen molar-refractivity contribution in [1.29, 1.82) is 0 Å². The third-order valence-corrected chi connectivity index (χ3v) is 4.36. The van der Waals surface area contributed by atoms with Crippen LogP contribution in [0, 0.1) is 12.8 Å². The van der Waals surface area contributed by atoms with Gasteiger partial charge in [0.1, 0.15) is 5.69 Å². The molecule has 1 aromatic carbocycles. The summed E-state index contributed by atoms with van der Waals surface area (Å²) in [7, 11) is 0. The van der Waals surface area contributed by atoms with E-state index in [0.29, 0.717) is 5.69 Å². The quantitative estimate of drug-likeness (QED) is 0.771. The molecule has 0 aliphatic heterocycles. The Labute approximate surface area is 111 Å². The van der Waals surface area contributed by atoms with Gasteiger partial charge in [-0.1, -0.05) is 24.3 Å². The molecule has 1 aliphatic carbocycles. The lowest BCUT2D eigenvalue weighted by atomic mass is 9.81.